The molecule has 0 unspecified atom stereocenters. The van der Waals surface area contributed by atoms with E-state index in [9.17, 15) is 17.9 Å². The average molecular weight is 608 g/mol. The zero-order valence-corrected chi connectivity index (χ0v) is 25.3. The quantitative estimate of drug-likeness (QED) is 0.196. The number of sulfonamides is 1. The number of hydrogen-bond donors (Lipinski definition) is 1. The lowest BCUT2D eigenvalue weighted by molar-refractivity contribution is 0.184. The highest BCUT2D eigenvalue weighted by Gasteiger charge is 2.28. The Balaban J connectivity index is 1.76. The van der Waals surface area contributed by atoms with Gasteiger partial charge in [0.1, 0.15) is 23.7 Å². The summed E-state index contributed by atoms with van der Waals surface area (Å²) in [7, 11) is -0.563. The van der Waals surface area contributed by atoms with E-state index in [0.717, 1.165) is 22.9 Å². The molecular formula is C32H34FN3O6S. The Bertz CT molecular complexity index is 1860. The third kappa shape index (κ3) is 6.23. The first-order valence-corrected chi connectivity index (χ1v) is 15.6. The van der Waals surface area contributed by atoms with Crippen LogP contribution in [-0.2, 0) is 34.3 Å². The van der Waals surface area contributed by atoms with Gasteiger partial charge < -0.3 is 23.9 Å². The van der Waals surface area contributed by atoms with Crippen molar-refractivity contribution in [1.29, 1.82) is 0 Å². The molecule has 5 rings (SSSR count). The third-order valence-electron chi connectivity index (χ3n) is 7.28. The summed E-state index contributed by atoms with van der Waals surface area (Å²) in [5, 5.41) is 12.9. The number of halogens is 1. The lowest BCUT2D eigenvalue weighted by Crippen LogP contribution is -2.30. The van der Waals surface area contributed by atoms with Crippen LogP contribution in [0.3, 0.4) is 0 Å². The number of ether oxygens (including phenoxy) is 3. The van der Waals surface area contributed by atoms with E-state index in [1.165, 1.54) is 16.4 Å². The van der Waals surface area contributed by atoms with Gasteiger partial charge in [-0.3, -0.25) is 9.29 Å². The Labute approximate surface area is 250 Å². The van der Waals surface area contributed by atoms with Gasteiger partial charge in [-0.05, 0) is 60.4 Å². The summed E-state index contributed by atoms with van der Waals surface area (Å²) in [6, 6.07) is 15.5. The van der Waals surface area contributed by atoms with Crippen LogP contribution in [-0.4, -0.2) is 56.7 Å². The molecule has 0 bridgehead atoms. The van der Waals surface area contributed by atoms with Gasteiger partial charge in [0.25, 0.3) is 0 Å². The summed E-state index contributed by atoms with van der Waals surface area (Å²) in [5.74, 6) is 0.635. The largest absolute Gasteiger partial charge is 0.497 e. The summed E-state index contributed by atoms with van der Waals surface area (Å²) in [5.41, 5.74) is 3.34. The summed E-state index contributed by atoms with van der Waals surface area (Å²) in [6.45, 7) is 2.73. The molecular weight excluding hydrogens is 573 g/mol. The number of methoxy groups -OCH3 is 2. The number of aromatic hydroxyl groups is 1. The van der Waals surface area contributed by atoms with Gasteiger partial charge in [0.2, 0.25) is 15.9 Å². The minimum Gasteiger partial charge on any atom is -0.497 e. The molecule has 0 radical (unpaired) electrons. The molecule has 43 heavy (non-hydrogen) atoms. The van der Waals surface area contributed by atoms with Gasteiger partial charge in [-0.25, -0.2) is 12.8 Å². The van der Waals surface area contributed by atoms with Crippen molar-refractivity contribution in [3.63, 3.8) is 0 Å². The number of rotatable bonds is 12. The lowest BCUT2D eigenvalue weighted by atomic mass is 10.0. The second-order valence-corrected chi connectivity index (χ2v) is 12.1. The van der Waals surface area contributed by atoms with Crippen LogP contribution in [0.2, 0.25) is 0 Å². The van der Waals surface area contributed by atoms with Crippen LogP contribution in [0, 0.1) is 5.82 Å². The molecule has 9 nitrogen and oxygen atoms in total. The Morgan fingerprint density at radius 1 is 1.00 bits per heavy atom. The number of aromatic nitrogens is 2. The van der Waals surface area contributed by atoms with E-state index < -0.39 is 10.0 Å². The van der Waals surface area contributed by atoms with Crippen LogP contribution >= 0.6 is 0 Å². The number of fused-ring (bicyclic) bond motifs is 2. The maximum absolute atomic E-state index is 13.5. The van der Waals surface area contributed by atoms with Crippen LogP contribution in [0.1, 0.15) is 23.6 Å². The molecule has 3 aromatic carbocycles. The molecule has 5 aromatic rings. The Hall–Kier alpha value is -4.35. The predicted molar refractivity (Wildman–Crippen MR) is 165 cm³/mol. The summed E-state index contributed by atoms with van der Waals surface area (Å²) in [4.78, 5) is 4.77. The third-order valence-corrected chi connectivity index (χ3v) is 8.53. The lowest BCUT2D eigenvalue weighted by Gasteiger charge is -2.24. The van der Waals surface area contributed by atoms with Crippen molar-refractivity contribution in [2.24, 2.45) is 0 Å². The summed E-state index contributed by atoms with van der Waals surface area (Å²) >= 11 is 0. The number of benzene rings is 3. The number of anilines is 1. The standard InChI is InChI=1S/C32H34FN3O6S/c1-5-36(43(4,38)39)30-26-17-23(16-21-6-10-24(33)11-7-21)18-34-29(26)31(42-20-22-8-12-25(41-3)13-9-22)28-27(30)19-35(32(28)37)14-15-40-2/h6-13,17-19,37H,5,14-16,20H2,1-4H3. The smallest absolute Gasteiger partial charge is 0.232 e. The first-order chi connectivity index (χ1) is 20.6. The van der Waals surface area contributed by atoms with Crippen molar-refractivity contribution >= 4 is 37.4 Å². The number of hydrogen-bond acceptors (Lipinski definition) is 7. The van der Waals surface area contributed by atoms with E-state index in [-0.39, 0.29) is 24.8 Å². The molecule has 0 saturated carbocycles. The van der Waals surface area contributed by atoms with Crippen LogP contribution in [0.4, 0.5) is 10.1 Å². The topological polar surface area (TPSA) is 103 Å². The molecule has 0 aliphatic carbocycles. The molecule has 11 heteroatoms. The van der Waals surface area contributed by atoms with Gasteiger partial charge in [0.05, 0.1) is 31.0 Å². The molecule has 0 saturated heterocycles. The fourth-order valence-corrected chi connectivity index (χ4v) is 6.22. The van der Waals surface area contributed by atoms with Crippen molar-refractivity contribution < 1.29 is 32.1 Å². The Morgan fingerprint density at radius 3 is 2.33 bits per heavy atom. The molecule has 2 aromatic heterocycles. The molecule has 0 aliphatic heterocycles. The summed E-state index contributed by atoms with van der Waals surface area (Å²) < 4.78 is 59.6. The van der Waals surface area contributed by atoms with Crippen LogP contribution in [0.15, 0.2) is 67.0 Å². The first-order valence-electron chi connectivity index (χ1n) is 13.8. The molecule has 226 valence electrons. The number of nitrogens with zero attached hydrogens (tertiary/aromatic N) is 3. The van der Waals surface area contributed by atoms with Crippen LogP contribution < -0.4 is 13.8 Å². The van der Waals surface area contributed by atoms with Crippen LogP contribution in [0.25, 0.3) is 21.7 Å². The highest BCUT2D eigenvalue weighted by Crippen LogP contribution is 2.48. The van der Waals surface area contributed by atoms with Crippen molar-refractivity contribution in [3.05, 3.63) is 89.5 Å². The van der Waals surface area contributed by atoms with Gasteiger partial charge in [-0.1, -0.05) is 24.3 Å². The second kappa shape index (κ2) is 12.5. The fraction of sp³-hybridized carbons (Fsp3) is 0.281. The van der Waals surface area contributed by atoms with Gasteiger partial charge in [0.15, 0.2) is 5.75 Å². The van der Waals surface area contributed by atoms with Crippen molar-refractivity contribution in [3.8, 4) is 17.4 Å². The monoisotopic (exact) mass is 607 g/mol. The van der Waals surface area contributed by atoms with Gasteiger partial charge in [-0.15, -0.1) is 0 Å². The molecule has 1 N–H and O–H groups in total. The van der Waals surface area contributed by atoms with Crippen LogP contribution in [0.5, 0.6) is 17.4 Å². The SMILES string of the molecule is CCN(c1c2cc(Cc3ccc(F)cc3)cnc2c(OCc2ccc(OC)cc2)c2c(O)n(CCOC)cc12)S(C)(=O)=O. The van der Waals surface area contributed by atoms with E-state index in [1.807, 2.05) is 30.3 Å². The van der Waals surface area contributed by atoms with E-state index in [1.54, 1.807) is 50.2 Å². The fourth-order valence-electron chi connectivity index (χ4n) is 5.22. The van der Waals surface area contributed by atoms with Gasteiger partial charge in [0, 0.05) is 43.4 Å². The highest BCUT2D eigenvalue weighted by atomic mass is 32.2. The normalized spacial score (nSPS) is 11.7. The average Bonchev–Trinajstić information content (AvgIpc) is 3.32. The second-order valence-electron chi connectivity index (χ2n) is 10.2. The zero-order chi connectivity index (χ0) is 30.7. The number of pyridine rings is 1. The van der Waals surface area contributed by atoms with Crippen molar-refractivity contribution in [2.45, 2.75) is 26.5 Å². The highest BCUT2D eigenvalue weighted by molar-refractivity contribution is 7.92. The molecule has 0 spiro atoms. The molecule has 0 amide bonds. The van der Waals surface area contributed by atoms with E-state index in [0.29, 0.717) is 58.4 Å². The zero-order valence-electron chi connectivity index (χ0n) is 24.5. The molecule has 0 aliphatic rings. The van der Waals surface area contributed by atoms with Gasteiger partial charge >= 0.3 is 0 Å². The predicted octanol–water partition coefficient (Wildman–Crippen LogP) is 5.64. The summed E-state index contributed by atoms with van der Waals surface area (Å²) in [6.07, 6.45) is 5.02. The molecule has 0 fully saturated rings. The maximum atomic E-state index is 13.5. The van der Waals surface area contributed by atoms with Gasteiger partial charge in [-0.2, -0.15) is 0 Å². The Kier molecular flexibility index (Phi) is 8.74. The van der Waals surface area contributed by atoms with Crippen molar-refractivity contribution in [2.75, 3.05) is 37.9 Å². The maximum Gasteiger partial charge on any atom is 0.232 e. The minimum atomic E-state index is -3.73. The molecule has 0 atom stereocenters. The Morgan fingerprint density at radius 2 is 1.70 bits per heavy atom. The molecule has 2 heterocycles. The van der Waals surface area contributed by atoms with E-state index >= 15 is 0 Å². The van der Waals surface area contributed by atoms with E-state index in [2.05, 4.69) is 0 Å². The minimum absolute atomic E-state index is 0.0818. The van der Waals surface area contributed by atoms with E-state index in [4.69, 9.17) is 19.2 Å². The first kappa shape index (κ1) is 30.1. The van der Waals surface area contributed by atoms with Crippen molar-refractivity contribution in [1.82, 2.24) is 9.55 Å².